The summed E-state index contributed by atoms with van der Waals surface area (Å²) in [5.74, 6) is 1.31. The molecule has 1 saturated heterocycles. The minimum absolute atomic E-state index is 0.0610. The monoisotopic (exact) mass is 354 g/mol. The summed E-state index contributed by atoms with van der Waals surface area (Å²) in [5.41, 5.74) is 0.138. The number of rotatable bonds is 6. The van der Waals surface area contributed by atoms with E-state index in [0.717, 1.165) is 0 Å². The van der Waals surface area contributed by atoms with E-state index < -0.39 is 0 Å². The Morgan fingerprint density at radius 3 is 2.96 bits per heavy atom. The highest BCUT2D eigenvalue weighted by Crippen LogP contribution is 2.20. The maximum Gasteiger partial charge on any atom is 0.260 e. The molecule has 1 amide bonds. The minimum atomic E-state index is -0.223. The number of hydrogen-bond acceptors (Lipinski definition) is 7. The van der Waals surface area contributed by atoms with E-state index >= 15 is 0 Å². The highest BCUT2D eigenvalue weighted by Gasteiger charge is 2.28. The number of nitriles is 1. The van der Waals surface area contributed by atoms with Crippen molar-refractivity contribution < 1.29 is 19.0 Å². The highest BCUT2D eigenvalue weighted by atomic mass is 16.5. The van der Waals surface area contributed by atoms with Crippen molar-refractivity contribution in [3.63, 3.8) is 0 Å². The van der Waals surface area contributed by atoms with Gasteiger partial charge in [0.2, 0.25) is 5.69 Å². The Hall–Kier alpha value is -3.34. The molecule has 3 rings (SSSR count). The molecule has 1 aliphatic heterocycles. The van der Waals surface area contributed by atoms with Crippen LogP contribution >= 0.6 is 0 Å². The van der Waals surface area contributed by atoms with Crippen LogP contribution in [0.4, 0.5) is 0 Å². The van der Waals surface area contributed by atoms with E-state index in [1.54, 1.807) is 36.3 Å². The molecular formula is C18H18N4O4. The number of likely N-dealkylation sites (tertiary alicyclic amines) is 1. The first-order valence-corrected chi connectivity index (χ1v) is 8.12. The van der Waals surface area contributed by atoms with Crippen molar-refractivity contribution >= 4 is 5.91 Å². The van der Waals surface area contributed by atoms with Crippen LogP contribution in [0.25, 0.3) is 0 Å². The molecule has 0 bridgehead atoms. The smallest absolute Gasteiger partial charge is 0.260 e. The summed E-state index contributed by atoms with van der Waals surface area (Å²) >= 11 is 0. The zero-order chi connectivity index (χ0) is 18.4. The first-order valence-electron chi connectivity index (χ1n) is 8.12. The lowest BCUT2D eigenvalue weighted by Crippen LogP contribution is -2.34. The summed E-state index contributed by atoms with van der Waals surface area (Å²) in [6.07, 6.45) is 3.34. The van der Waals surface area contributed by atoms with Gasteiger partial charge in [0.15, 0.2) is 6.61 Å². The van der Waals surface area contributed by atoms with E-state index in [1.165, 1.54) is 12.4 Å². The number of nitrogens with zero attached hydrogens (tertiary/aromatic N) is 4. The van der Waals surface area contributed by atoms with Crippen molar-refractivity contribution in [2.45, 2.75) is 12.5 Å². The summed E-state index contributed by atoms with van der Waals surface area (Å²) in [4.78, 5) is 21.9. The van der Waals surface area contributed by atoms with Crippen molar-refractivity contribution in [1.82, 2.24) is 14.9 Å². The van der Waals surface area contributed by atoms with Crippen molar-refractivity contribution in [2.75, 3.05) is 26.8 Å². The van der Waals surface area contributed by atoms with Gasteiger partial charge in [-0.2, -0.15) is 5.26 Å². The van der Waals surface area contributed by atoms with Crippen molar-refractivity contribution in [2.24, 2.45) is 0 Å². The molecule has 2 aromatic rings. The number of carbonyl (C=O) groups is 1. The van der Waals surface area contributed by atoms with Gasteiger partial charge in [0, 0.05) is 31.4 Å². The molecule has 2 heterocycles. The molecule has 0 spiro atoms. The SMILES string of the molecule is COc1cccc(OCC(=O)N2CCC(Oc3nccnc3C#N)C2)c1. The van der Waals surface area contributed by atoms with Gasteiger partial charge in [0.25, 0.3) is 11.8 Å². The van der Waals surface area contributed by atoms with Crippen molar-refractivity contribution in [3.8, 4) is 23.4 Å². The van der Waals surface area contributed by atoms with Gasteiger partial charge in [0.1, 0.15) is 23.7 Å². The third kappa shape index (κ3) is 4.19. The molecule has 134 valence electrons. The zero-order valence-corrected chi connectivity index (χ0v) is 14.3. The number of hydrogen-bond donors (Lipinski definition) is 0. The lowest BCUT2D eigenvalue weighted by Gasteiger charge is -2.17. The van der Waals surface area contributed by atoms with Crippen LogP contribution in [-0.4, -0.2) is 53.7 Å². The standard InChI is InChI=1S/C18H18N4O4/c1-24-13-3-2-4-14(9-13)25-12-17(23)22-8-5-15(11-22)26-18-16(10-19)20-6-7-21-18/h2-4,6-7,9,15H,5,8,11-12H2,1H3. The van der Waals surface area contributed by atoms with E-state index in [4.69, 9.17) is 19.5 Å². The number of amides is 1. The van der Waals surface area contributed by atoms with Crippen molar-refractivity contribution in [1.29, 1.82) is 5.26 Å². The average Bonchev–Trinajstić information content (AvgIpc) is 3.15. The van der Waals surface area contributed by atoms with Gasteiger partial charge in [0.05, 0.1) is 13.7 Å². The summed E-state index contributed by atoms with van der Waals surface area (Å²) in [7, 11) is 1.57. The van der Waals surface area contributed by atoms with Gasteiger partial charge in [-0.3, -0.25) is 4.79 Å². The molecule has 1 aliphatic rings. The van der Waals surface area contributed by atoms with Crippen LogP contribution in [0.3, 0.4) is 0 Å². The topological polar surface area (TPSA) is 97.6 Å². The normalized spacial score (nSPS) is 16.0. The Kier molecular flexibility index (Phi) is 5.49. The largest absolute Gasteiger partial charge is 0.497 e. The molecule has 0 saturated carbocycles. The molecule has 8 nitrogen and oxygen atoms in total. The van der Waals surface area contributed by atoms with Crippen LogP contribution in [0.1, 0.15) is 12.1 Å². The van der Waals surface area contributed by atoms with Crippen LogP contribution in [0, 0.1) is 11.3 Å². The molecule has 1 aromatic heterocycles. The fraction of sp³-hybridized carbons (Fsp3) is 0.333. The van der Waals surface area contributed by atoms with Gasteiger partial charge >= 0.3 is 0 Å². The number of carbonyl (C=O) groups excluding carboxylic acids is 1. The Morgan fingerprint density at radius 1 is 1.35 bits per heavy atom. The lowest BCUT2D eigenvalue weighted by atomic mass is 10.3. The molecule has 0 radical (unpaired) electrons. The second-order valence-corrected chi connectivity index (χ2v) is 5.66. The van der Waals surface area contributed by atoms with Gasteiger partial charge in [-0.05, 0) is 12.1 Å². The molecule has 1 fully saturated rings. The van der Waals surface area contributed by atoms with E-state index in [0.29, 0.717) is 31.0 Å². The molecule has 1 aromatic carbocycles. The maximum atomic E-state index is 12.3. The Bertz CT molecular complexity index is 821. The molecule has 8 heteroatoms. The molecule has 0 aliphatic carbocycles. The molecule has 1 atom stereocenters. The minimum Gasteiger partial charge on any atom is -0.497 e. The van der Waals surface area contributed by atoms with Crippen LogP contribution < -0.4 is 14.2 Å². The fourth-order valence-corrected chi connectivity index (χ4v) is 2.62. The maximum absolute atomic E-state index is 12.3. The molecule has 0 N–H and O–H groups in total. The van der Waals surface area contributed by atoms with Gasteiger partial charge in [-0.1, -0.05) is 6.07 Å². The molecule has 26 heavy (non-hydrogen) atoms. The third-order valence-electron chi connectivity index (χ3n) is 3.95. The van der Waals surface area contributed by atoms with Gasteiger partial charge < -0.3 is 19.1 Å². The Labute approximate surface area is 150 Å². The second kappa shape index (κ2) is 8.16. The number of benzene rings is 1. The van der Waals surface area contributed by atoms with Crippen LogP contribution in [0.2, 0.25) is 0 Å². The number of aromatic nitrogens is 2. The van der Waals surface area contributed by atoms with E-state index in [-0.39, 0.29) is 30.2 Å². The summed E-state index contributed by atoms with van der Waals surface area (Å²) in [6.45, 7) is 0.920. The van der Waals surface area contributed by atoms with Crippen molar-refractivity contribution in [3.05, 3.63) is 42.4 Å². The predicted octanol–water partition coefficient (Wildman–Crippen LogP) is 1.42. The van der Waals surface area contributed by atoms with E-state index in [9.17, 15) is 4.79 Å². The average molecular weight is 354 g/mol. The Balaban J connectivity index is 1.51. The third-order valence-corrected chi connectivity index (χ3v) is 3.95. The molecule has 1 unspecified atom stereocenters. The number of methoxy groups -OCH3 is 1. The quantitative estimate of drug-likeness (QED) is 0.773. The van der Waals surface area contributed by atoms with Gasteiger partial charge in [-0.15, -0.1) is 0 Å². The van der Waals surface area contributed by atoms with Crippen LogP contribution in [0.15, 0.2) is 36.7 Å². The van der Waals surface area contributed by atoms with Gasteiger partial charge in [-0.25, -0.2) is 9.97 Å². The Morgan fingerprint density at radius 2 is 2.15 bits per heavy atom. The second-order valence-electron chi connectivity index (χ2n) is 5.66. The van der Waals surface area contributed by atoms with E-state index in [2.05, 4.69) is 9.97 Å². The predicted molar refractivity (Wildman–Crippen MR) is 90.8 cm³/mol. The fourth-order valence-electron chi connectivity index (χ4n) is 2.62. The first-order chi connectivity index (χ1) is 12.7. The van der Waals surface area contributed by atoms with Crippen LogP contribution in [0.5, 0.6) is 17.4 Å². The zero-order valence-electron chi connectivity index (χ0n) is 14.3. The first kappa shape index (κ1) is 17.5. The van der Waals surface area contributed by atoms with Crippen LogP contribution in [-0.2, 0) is 4.79 Å². The highest BCUT2D eigenvalue weighted by molar-refractivity contribution is 5.78. The molecular weight excluding hydrogens is 336 g/mol. The number of ether oxygens (including phenoxy) is 3. The van der Waals surface area contributed by atoms with E-state index in [1.807, 2.05) is 6.07 Å². The lowest BCUT2D eigenvalue weighted by molar-refractivity contribution is -0.132. The summed E-state index contributed by atoms with van der Waals surface area (Å²) < 4.78 is 16.4. The summed E-state index contributed by atoms with van der Waals surface area (Å²) in [5, 5.41) is 9.03. The summed E-state index contributed by atoms with van der Waals surface area (Å²) in [6, 6.07) is 9.03.